The number of aliphatic hydroxyl groups excluding tert-OH is 1. The molecule has 3 N–H and O–H groups in total. The summed E-state index contributed by atoms with van der Waals surface area (Å²) >= 11 is 0. The lowest BCUT2D eigenvalue weighted by Crippen LogP contribution is -2.48. The fraction of sp³-hybridized carbons (Fsp3) is 0.923. The van der Waals surface area contributed by atoms with Gasteiger partial charge >= 0.3 is 0 Å². The van der Waals surface area contributed by atoms with Crippen LogP contribution >= 0.6 is 0 Å². The molecule has 4 heteroatoms. The molecule has 0 radical (unpaired) electrons. The molecule has 1 amide bonds. The summed E-state index contributed by atoms with van der Waals surface area (Å²) in [6, 6.07) is 0.283. The van der Waals surface area contributed by atoms with Gasteiger partial charge in [0, 0.05) is 25.0 Å². The third-order valence-corrected chi connectivity index (χ3v) is 4.35. The van der Waals surface area contributed by atoms with Crippen LogP contribution in [-0.4, -0.2) is 41.1 Å². The van der Waals surface area contributed by atoms with Crippen LogP contribution in [0.3, 0.4) is 0 Å². The minimum atomic E-state index is -0.349. The molecule has 1 aliphatic carbocycles. The molecule has 4 nitrogen and oxygen atoms in total. The molecule has 2 aliphatic rings. The summed E-state index contributed by atoms with van der Waals surface area (Å²) in [7, 11) is 0. The van der Waals surface area contributed by atoms with E-state index in [0.29, 0.717) is 12.5 Å². The molecule has 0 spiro atoms. The summed E-state index contributed by atoms with van der Waals surface area (Å²) < 4.78 is 0. The molecule has 1 saturated carbocycles. The van der Waals surface area contributed by atoms with E-state index in [1.54, 1.807) is 0 Å². The van der Waals surface area contributed by atoms with Gasteiger partial charge in [-0.2, -0.15) is 0 Å². The first-order valence-corrected chi connectivity index (χ1v) is 6.80. The van der Waals surface area contributed by atoms with Gasteiger partial charge in [-0.05, 0) is 38.0 Å². The Balaban J connectivity index is 1.87. The first-order valence-electron chi connectivity index (χ1n) is 6.80. The number of hydrogen-bond donors (Lipinski definition) is 2. The molecular weight excluding hydrogens is 216 g/mol. The highest BCUT2D eigenvalue weighted by molar-refractivity contribution is 5.79. The zero-order valence-corrected chi connectivity index (χ0v) is 10.6. The number of hydrogen-bond acceptors (Lipinski definition) is 3. The lowest BCUT2D eigenvalue weighted by Gasteiger charge is -2.37. The second-order valence-corrected chi connectivity index (χ2v) is 5.73. The molecule has 0 aromatic heterocycles. The van der Waals surface area contributed by atoms with Crippen molar-refractivity contribution in [2.45, 2.75) is 51.2 Å². The van der Waals surface area contributed by atoms with Gasteiger partial charge in [0.05, 0.1) is 6.10 Å². The highest BCUT2D eigenvalue weighted by Crippen LogP contribution is 2.27. The third kappa shape index (κ3) is 2.99. The van der Waals surface area contributed by atoms with E-state index < -0.39 is 0 Å². The topological polar surface area (TPSA) is 66.6 Å². The fourth-order valence-electron chi connectivity index (χ4n) is 2.87. The van der Waals surface area contributed by atoms with Gasteiger partial charge in [-0.15, -0.1) is 0 Å². The highest BCUT2D eigenvalue weighted by atomic mass is 16.3. The molecule has 2 atom stereocenters. The van der Waals surface area contributed by atoms with Crippen LogP contribution in [0, 0.1) is 11.8 Å². The average molecular weight is 240 g/mol. The summed E-state index contributed by atoms with van der Waals surface area (Å²) in [5.74, 6) is 0.706. The molecule has 1 heterocycles. The van der Waals surface area contributed by atoms with E-state index in [2.05, 4.69) is 0 Å². The Labute approximate surface area is 103 Å². The monoisotopic (exact) mass is 240 g/mol. The molecule has 2 rings (SSSR count). The van der Waals surface area contributed by atoms with Gasteiger partial charge in [0.1, 0.15) is 0 Å². The minimum Gasteiger partial charge on any atom is -0.391 e. The molecule has 0 aromatic carbocycles. The van der Waals surface area contributed by atoms with Gasteiger partial charge in [-0.1, -0.05) is 6.92 Å². The van der Waals surface area contributed by atoms with Crippen molar-refractivity contribution in [3.8, 4) is 0 Å². The summed E-state index contributed by atoms with van der Waals surface area (Å²) in [5.41, 5.74) is 5.85. The van der Waals surface area contributed by atoms with Crippen molar-refractivity contribution < 1.29 is 9.90 Å². The van der Waals surface area contributed by atoms with Gasteiger partial charge in [0.2, 0.25) is 5.91 Å². The van der Waals surface area contributed by atoms with Crippen molar-refractivity contribution >= 4 is 5.91 Å². The SMILES string of the molecule is CC1CCN(C(=O)C2CCC(N)CC2)CC1O. The Morgan fingerprint density at radius 2 is 1.88 bits per heavy atom. The van der Waals surface area contributed by atoms with Crippen molar-refractivity contribution in [3.63, 3.8) is 0 Å². The molecule has 0 bridgehead atoms. The molecule has 2 fully saturated rings. The number of nitrogens with two attached hydrogens (primary N) is 1. The summed E-state index contributed by atoms with van der Waals surface area (Å²) in [4.78, 5) is 14.1. The smallest absolute Gasteiger partial charge is 0.225 e. The number of rotatable bonds is 1. The van der Waals surface area contributed by atoms with Crippen LogP contribution in [-0.2, 0) is 4.79 Å². The molecule has 1 saturated heterocycles. The Bertz CT molecular complexity index is 275. The number of nitrogens with zero attached hydrogens (tertiary/aromatic N) is 1. The lowest BCUT2D eigenvalue weighted by molar-refractivity contribution is -0.140. The lowest BCUT2D eigenvalue weighted by atomic mass is 9.85. The molecule has 2 unspecified atom stereocenters. The number of amides is 1. The second-order valence-electron chi connectivity index (χ2n) is 5.73. The number of likely N-dealkylation sites (tertiary alicyclic amines) is 1. The predicted molar refractivity (Wildman–Crippen MR) is 66.3 cm³/mol. The zero-order valence-electron chi connectivity index (χ0n) is 10.6. The van der Waals surface area contributed by atoms with E-state index in [0.717, 1.165) is 38.6 Å². The van der Waals surface area contributed by atoms with Gasteiger partial charge in [0.15, 0.2) is 0 Å². The van der Waals surface area contributed by atoms with E-state index in [4.69, 9.17) is 5.73 Å². The molecule has 17 heavy (non-hydrogen) atoms. The van der Waals surface area contributed by atoms with Crippen LogP contribution in [0.1, 0.15) is 39.0 Å². The Morgan fingerprint density at radius 3 is 2.47 bits per heavy atom. The molecule has 98 valence electrons. The van der Waals surface area contributed by atoms with Crippen molar-refractivity contribution in [2.24, 2.45) is 17.6 Å². The first-order chi connectivity index (χ1) is 8.08. The van der Waals surface area contributed by atoms with Crippen LogP contribution in [0.4, 0.5) is 0 Å². The number of aliphatic hydroxyl groups is 1. The minimum absolute atomic E-state index is 0.149. The number of carbonyl (C=O) groups is 1. The maximum Gasteiger partial charge on any atom is 0.225 e. The van der Waals surface area contributed by atoms with Crippen LogP contribution in [0.25, 0.3) is 0 Å². The van der Waals surface area contributed by atoms with Crippen molar-refractivity contribution in [1.29, 1.82) is 0 Å². The van der Waals surface area contributed by atoms with Gasteiger partial charge in [-0.25, -0.2) is 0 Å². The Kier molecular flexibility index (Phi) is 4.05. The van der Waals surface area contributed by atoms with E-state index >= 15 is 0 Å². The maximum atomic E-state index is 12.3. The van der Waals surface area contributed by atoms with Crippen molar-refractivity contribution in [2.75, 3.05) is 13.1 Å². The van der Waals surface area contributed by atoms with Gasteiger partial charge in [0.25, 0.3) is 0 Å². The quantitative estimate of drug-likeness (QED) is 0.710. The predicted octanol–water partition coefficient (Wildman–Crippen LogP) is 0.733. The van der Waals surface area contributed by atoms with Gasteiger partial charge < -0.3 is 15.7 Å². The molecule has 1 aliphatic heterocycles. The van der Waals surface area contributed by atoms with Crippen LogP contribution in [0.2, 0.25) is 0 Å². The van der Waals surface area contributed by atoms with Crippen LogP contribution in [0.5, 0.6) is 0 Å². The highest BCUT2D eigenvalue weighted by Gasteiger charge is 2.32. The third-order valence-electron chi connectivity index (χ3n) is 4.35. The number of carbonyl (C=O) groups excluding carboxylic acids is 1. The van der Waals surface area contributed by atoms with E-state index in [9.17, 15) is 9.90 Å². The van der Waals surface area contributed by atoms with E-state index in [1.807, 2.05) is 11.8 Å². The van der Waals surface area contributed by atoms with Crippen LogP contribution < -0.4 is 5.73 Å². The van der Waals surface area contributed by atoms with E-state index in [1.165, 1.54) is 0 Å². The average Bonchev–Trinajstić information content (AvgIpc) is 2.33. The van der Waals surface area contributed by atoms with Crippen molar-refractivity contribution in [1.82, 2.24) is 4.90 Å². The number of piperidine rings is 1. The fourth-order valence-corrected chi connectivity index (χ4v) is 2.87. The first kappa shape index (κ1) is 12.8. The second kappa shape index (κ2) is 5.36. The normalized spacial score (nSPS) is 39.1. The maximum absolute atomic E-state index is 12.3. The zero-order chi connectivity index (χ0) is 12.4. The molecule has 0 aromatic rings. The number of β-amino-alcohol motifs (C(OH)–C–C–N with tert-alkyl or cyclic N) is 1. The standard InChI is InChI=1S/C13H24N2O2/c1-9-6-7-15(8-12(9)16)13(17)10-2-4-11(14)5-3-10/h9-12,16H,2-8,14H2,1H3. The molecular formula is C13H24N2O2. The summed E-state index contributed by atoms with van der Waals surface area (Å²) in [6.45, 7) is 3.37. The van der Waals surface area contributed by atoms with Crippen LogP contribution in [0.15, 0.2) is 0 Å². The Morgan fingerprint density at radius 1 is 1.24 bits per heavy atom. The summed E-state index contributed by atoms with van der Waals surface area (Å²) in [6.07, 6.45) is 4.33. The largest absolute Gasteiger partial charge is 0.391 e. The van der Waals surface area contributed by atoms with Gasteiger partial charge in [-0.3, -0.25) is 4.79 Å². The van der Waals surface area contributed by atoms with Crippen molar-refractivity contribution in [3.05, 3.63) is 0 Å². The Hall–Kier alpha value is -0.610. The summed E-state index contributed by atoms with van der Waals surface area (Å²) in [5, 5.41) is 9.82. The van der Waals surface area contributed by atoms with E-state index in [-0.39, 0.29) is 24.0 Å².